The highest BCUT2D eigenvalue weighted by molar-refractivity contribution is 7.47. The average Bonchev–Trinajstić information content (AvgIpc) is 3.22. The second-order valence-electron chi connectivity index (χ2n) is 16.8. The summed E-state index contributed by atoms with van der Waals surface area (Å²) < 4.78 is 22.8. The number of nitrogens with one attached hydrogen (secondary N) is 1. The first-order valence-corrected chi connectivity index (χ1v) is 25.0. The highest BCUT2D eigenvalue weighted by Gasteiger charge is 2.51. The van der Waals surface area contributed by atoms with Gasteiger partial charge in [0.15, 0.2) is 0 Å². The van der Waals surface area contributed by atoms with Crippen LogP contribution in [-0.2, 0) is 18.4 Å². The topological polar surface area (TPSA) is 226 Å². The molecule has 1 fully saturated rings. The number of amides is 1. The second-order valence-corrected chi connectivity index (χ2v) is 18.2. The van der Waals surface area contributed by atoms with Crippen LogP contribution in [0.25, 0.3) is 0 Å². The van der Waals surface area contributed by atoms with Crippen molar-refractivity contribution in [1.29, 1.82) is 0 Å². The SMILES string of the molecule is CCCCC/C=C/CC/C=C/CC/C=C/C(O)C(COP(=O)(O)OC1C(O)C(O)C(O)C(O)C1O)NC(=O)CC(O)CCCCCCCCCCCCCCCCCCC. The Labute approximate surface area is 362 Å². The van der Waals surface area contributed by atoms with Crippen molar-refractivity contribution >= 4 is 13.7 Å². The van der Waals surface area contributed by atoms with E-state index in [1.54, 1.807) is 6.08 Å². The molecule has 1 aliphatic rings. The third-order valence-corrected chi connectivity index (χ3v) is 12.2. The van der Waals surface area contributed by atoms with E-state index in [1.165, 1.54) is 109 Å². The van der Waals surface area contributed by atoms with Gasteiger partial charge < -0.3 is 46.0 Å². The number of allylic oxidation sites excluding steroid dienone is 5. The maximum atomic E-state index is 13.0. The van der Waals surface area contributed by atoms with Gasteiger partial charge in [0.05, 0.1) is 31.3 Å². The van der Waals surface area contributed by atoms with Crippen molar-refractivity contribution in [3.8, 4) is 0 Å². The molecular formula is C46H86NO12P. The van der Waals surface area contributed by atoms with Gasteiger partial charge in [0.1, 0.15) is 36.6 Å². The van der Waals surface area contributed by atoms with Crippen LogP contribution in [0.3, 0.4) is 0 Å². The third-order valence-electron chi connectivity index (χ3n) is 11.2. The van der Waals surface area contributed by atoms with Crippen LogP contribution in [0.5, 0.6) is 0 Å². The Morgan fingerprint density at radius 1 is 0.583 bits per heavy atom. The molecule has 0 bridgehead atoms. The molecule has 0 spiro atoms. The molecule has 0 heterocycles. The molecule has 0 radical (unpaired) electrons. The van der Waals surface area contributed by atoms with E-state index in [9.17, 15) is 50.0 Å². The number of hydrogen-bond donors (Lipinski definition) is 9. The zero-order valence-corrected chi connectivity index (χ0v) is 38.0. The summed E-state index contributed by atoms with van der Waals surface area (Å²) in [4.78, 5) is 23.4. The van der Waals surface area contributed by atoms with Gasteiger partial charge in [-0.15, -0.1) is 0 Å². The molecule has 60 heavy (non-hydrogen) atoms. The van der Waals surface area contributed by atoms with Crippen LogP contribution in [-0.4, -0.2) is 108 Å². The van der Waals surface area contributed by atoms with Gasteiger partial charge in [-0.1, -0.05) is 172 Å². The summed E-state index contributed by atoms with van der Waals surface area (Å²) in [6, 6.07) is -1.26. The summed E-state index contributed by atoms with van der Waals surface area (Å²) >= 11 is 0. The minimum Gasteiger partial charge on any atom is -0.393 e. The molecule has 0 aliphatic heterocycles. The third kappa shape index (κ3) is 27.6. The molecule has 1 rings (SSSR count). The molecule has 8 unspecified atom stereocenters. The summed E-state index contributed by atoms with van der Waals surface area (Å²) in [6.07, 6.45) is 26.7. The quantitative estimate of drug-likeness (QED) is 0.0165. The van der Waals surface area contributed by atoms with Crippen molar-refractivity contribution in [2.24, 2.45) is 0 Å². The monoisotopic (exact) mass is 876 g/mol. The number of aliphatic hydroxyl groups is 7. The van der Waals surface area contributed by atoms with E-state index in [2.05, 4.69) is 37.4 Å². The Balaban J connectivity index is 2.54. The fraction of sp³-hybridized carbons (Fsp3) is 0.848. The number of carbonyl (C=O) groups excluding carboxylic acids is 1. The van der Waals surface area contributed by atoms with E-state index >= 15 is 0 Å². The average molecular weight is 876 g/mol. The number of hydrogen-bond acceptors (Lipinski definition) is 11. The molecule has 13 nitrogen and oxygen atoms in total. The Bertz CT molecular complexity index is 1170. The smallest absolute Gasteiger partial charge is 0.393 e. The normalized spacial score (nSPS) is 23.7. The lowest BCUT2D eigenvalue weighted by Crippen LogP contribution is -2.64. The predicted octanol–water partition coefficient (Wildman–Crippen LogP) is 7.75. The Morgan fingerprint density at radius 3 is 1.47 bits per heavy atom. The molecule has 9 N–H and O–H groups in total. The Morgan fingerprint density at radius 2 is 0.983 bits per heavy atom. The summed E-state index contributed by atoms with van der Waals surface area (Å²) in [5.41, 5.74) is 0. The first-order valence-electron chi connectivity index (χ1n) is 23.5. The summed E-state index contributed by atoms with van der Waals surface area (Å²) in [5.74, 6) is -0.607. The van der Waals surface area contributed by atoms with Crippen molar-refractivity contribution in [3.63, 3.8) is 0 Å². The minimum atomic E-state index is -5.15. The zero-order valence-electron chi connectivity index (χ0n) is 37.1. The van der Waals surface area contributed by atoms with Gasteiger partial charge in [0, 0.05) is 0 Å². The molecule has 1 amide bonds. The van der Waals surface area contributed by atoms with E-state index in [0.717, 1.165) is 44.9 Å². The van der Waals surface area contributed by atoms with Crippen LogP contribution in [0.2, 0.25) is 0 Å². The first kappa shape index (κ1) is 56.5. The van der Waals surface area contributed by atoms with Gasteiger partial charge in [-0.05, 0) is 44.9 Å². The molecule has 0 aromatic carbocycles. The second kappa shape index (κ2) is 35.9. The molecule has 1 saturated carbocycles. The number of phosphoric acid groups is 1. The van der Waals surface area contributed by atoms with E-state index in [4.69, 9.17) is 9.05 Å². The number of aliphatic hydroxyl groups excluding tert-OH is 7. The van der Waals surface area contributed by atoms with Crippen molar-refractivity contribution in [2.75, 3.05) is 6.61 Å². The largest absolute Gasteiger partial charge is 0.472 e. The van der Waals surface area contributed by atoms with Crippen LogP contribution in [0.1, 0.15) is 187 Å². The zero-order chi connectivity index (χ0) is 44.4. The minimum absolute atomic E-state index is 0.254. The Hall–Kier alpha value is -1.48. The van der Waals surface area contributed by atoms with Crippen LogP contribution >= 0.6 is 7.82 Å². The first-order chi connectivity index (χ1) is 28.8. The molecule has 1 aliphatic carbocycles. The number of phosphoric ester groups is 1. The lowest BCUT2D eigenvalue weighted by atomic mass is 9.85. The fourth-order valence-corrected chi connectivity index (χ4v) is 8.30. The lowest BCUT2D eigenvalue weighted by Gasteiger charge is -2.41. The van der Waals surface area contributed by atoms with E-state index < -0.39 is 75.2 Å². The molecule has 0 saturated heterocycles. The van der Waals surface area contributed by atoms with E-state index in [0.29, 0.717) is 19.3 Å². The van der Waals surface area contributed by atoms with Gasteiger partial charge in [0.2, 0.25) is 5.91 Å². The summed E-state index contributed by atoms with van der Waals surface area (Å²) in [6.45, 7) is 3.69. The molecule has 0 aromatic rings. The number of unbranched alkanes of at least 4 members (excludes halogenated alkanes) is 21. The molecule has 0 aromatic heterocycles. The van der Waals surface area contributed by atoms with Crippen molar-refractivity contribution < 1.29 is 59.0 Å². The highest BCUT2D eigenvalue weighted by atomic mass is 31.2. The van der Waals surface area contributed by atoms with Gasteiger partial charge in [0.25, 0.3) is 0 Å². The summed E-state index contributed by atoms with van der Waals surface area (Å²) in [5, 5.41) is 74.4. The molecule has 14 heteroatoms. The van der Waals surface area contributed by atoms with Gasteiger partial charge in [-0.2, -0.15) is 0 Å². The van der Waals surface area contributed by atoms with Crippen LogP contribution in [0.4, 0.5) is 0 Å². The standard InChI is InChI=1S/C46H86NO12P/c1-3-5-7-9-11-13-15-17-18-19-20-22-23-25-27-29-31-33-37(48)35-40(50)47-38(39(49)34-32-30-28-26-24-21-16-14-12-10-8-6-4-2)36-58-60(56,57)59-46-44(54)42(52)41(51)43(53)45(46)55/h12,14,24,26,32,34,37-39,41-46,48-49,51-55H,3-11,13,15-23,25,27-31,33,35-36H2,1-2H3,(H,47,50)(H,56,57)/b14-12+,26-24+,34-32+. The molecule has 8 atom stereocenters. The van der Waals surface area contributed by atoms with Crippen molar-refractivity contribution in [3.05, 3.63) is 36.5 Å². The van der Waals surface area contributed by atoms with Gasteiger partial charge >= 0.3 is 7.82 Å². The maximum Gasteiger partial charge on any atom is 0.472 e. The van der Waals surface area contributed by atoms with Gasteiger partial charge in [-0.25, -0.2) is 4.57 Å². The van der Waals surface area contributed by atoms with E-state index in [1.807, 2.05) is 6.08 Å². The molecule has 352 valence electrons. The summed E-state index contributed by atoms with van der Waals surface area (Å²) in [7, 11) is -5.15. The van der Waals surface area contributed by atoms with Gasteiger partial charge in [-0.3, -0.25) is 13.8 Å². The Kier molecular flexibility index (Phi) is 33.8. The lowest BCUT2D eigenvalue weighted by molar-refractivity contribution is -0.220. The van der Waals surface area contributed by atoms with Crippen LogP contribution < -0.4 is 5.32 Å². The number of rotatable bonds is 38. The maximum absolute atomic E-state index is 13.0. The highest BCUT2D eigenvalue weighted by Crippen LogP contribution is 2.47. The predicted molar refractivity (Wildman–Crippen MR) is 238 cm³/mol. The number of carbonyl (C=O) groups is 1. The van der Waals surface area contributed by atoms with Crippen molar-refractivity contribution in [2.45, 2.75) is 242 Å². The van der Waals surface area contributed by atoms with E-state index in [-0.39, 0.29) is 6.42 Å². The molecular weight excluding hydrogens is 789 g/mol. The van der Waals surface area contributed by atoms with Crippen LogP contribution in [0.15, 0.2) is 36.5 Å². The van der Waals surface area contributed by atoms with Crippen molar-refractivity contribution in [1.82, 2.24) is 5.32 Å². The van der Waals surface area contributed by atoms with Crippen LogP contribution in [0, 0.1) is 0 Å². The fourth-order valence-electron chi connectivity index (χ4n) is 7.33.